The van der Waals surface area contributed by atoms with E-state index in [-0.39, 0.29) is 11.9 Å². The Morgan fingerprint density at radius 2 is 2.41 bits per heavy atom. The minimum absolute atomic E-state index is 0.0402. The van der Waals surface area contributed by atoms with E-state index in [2.05, 4.69) is 10.3 Å². The van der Waals surface area contributed by atoms with Crippen molar-refractivity contribution in [2.75, 3.05) is 19.7 Å². The predicted octanol–water partition coefficient (Wildman–Crippen LogP) is 1.25. The molecule has 0 bridgehead atoms. The molecule has 1 aliphatic heterocycles. The largest absolute Gasteiger partial charge is 0.375 e. The average molecular weight is 254 g/mol. The molecule has 1 aromatic heterocycles. The van der Waals surface area contributed by atoms with Gasteiger partial charge >= 0.3 is 0 Å². The van der Waals surface area contributed by atoms with E-state index in [1.54, 1.807) is 11.3 Å². The summed E-state index contributed by atoms with van der Waals surface area (Å²) in [6.45, 7) is 6.38. The van der Waals surface area contributed by atoms with E-state index in [4.69, 9.17) is 4.74 Å². The summed E-state index contributed by atoms with van der Waals surface area (Å²) in [5.41, 5.74) is 1.04. The number of thiazole rings is 1. The lowest BCUT2D eigenvalue weighted by molar-refractivity contribution is -0.121. The topological polar surface area (TPSA) is 51.2 Å². The van der Waals surface area contributed by atoms with Crippen molar-refractivity contribution in [3.63, 3.8) is 0 Å². The Hall–Kier alpha value is -0.780. The van der Waals surface area contributed by atoms with Crippen LogP contribution in [-0.2, 0) is 16.0 Å². The lowest BCUT2D eigenvalue weighted by Crippen LogP contribution is -2.39. The van der Waals surface area contributed by atoms with Gasteiger partial charge in [0.15, 0.2) is 0 Å². The first kappa shape index (κ1) is 12.7. The molecule has 1 unspecified atom stereocenters. The van der Waals surface area contributed by atoms with Crippen LogP contribution in [0.1, 0.15) is 22.0 Å². The SMILES string of the molecule is Cc1nc(CC(=O)CC2CNCCO2)sc1C. The highest BCUT2D eigenvalue weighted by Gasteiger charge is 2.18. The van der Waals surface area contributed by atoms with Crippen molar-refractivity contribution in [3.8, 4) is 0 Å². The molecule has 1 fully saturated rings. The van der Waals surface area contributed by atoms with Gasteiger partial charge in [0.2, 0.25) is 0 Å². The summed E-state index contributed by atoms with van der Waals surface area (Å²) in [5.74, 6) is 0.215. The minimum atomic E-state index is 0.0402. The molecule has 1 saturated heterocycles. The molecule has 2 heterocycles. The molecule has 1 aliphatic rings. The van der Waals surface area contributed by atoms with Crippen LogP contribution in [0.5, 0.6) is 0 Å². The van der Waals surface area contributed by atoms with Crippen molar-refractivity contribution in [2.24, 2.45) is 0 Å². The Kier molecular flexibility index (Phi) is 4.25. The Labute approximate surface area is 105 Å². The van der Waals surface area contributed by atoms with Crippen molar-refractivity contribution >= 4 is 17.1 Å². The first-order chi connectivity index (χ1) is 8.15. The molecule has 0 amide bonds. The number of hydrogen-bond acceptors (Lipinski definition) is 5. The second kappa shape index (κ2) is 5.71. The van der Waals surface area contributed by atoms with E-state index < -0.39 is 0 Å². The van der Waals surface area contributed by atoms with Gasteiger partial charge in [0.1, 0.15) is 10.8 Å². The Morgan fingerprint density at radius 1 is 1.59 bits per heavy atom. The number of hydrogen-bond donors (Lipinski definition) is 1. The molecule has 0 aliphatic carbocycles. The molecule has 0 spiro atoms. The zero-order chi connectivity index (χ0) is 12.3. The molecule has 4 nitrogen and oxygen atoms in total. The van der Waals surface area contributed by atoms with E-state index in [1.165, 1.54) is 4.88 Å². The monoisotopic (exact) mass is 254 g/mol. The Bertz CT molecular complexity index is 378. The van der Waals surface area contributed by atoms with Crippen LogP contribution < -0.4 is 5.32 Å². The molecule has 17 heavy (non-hydrogen) atoms. The molecule has 0 aromatic carbocycles. The number of carbonyl (C=O) groups excluding carboxylic acids is 1. The first-order valence-electron chi connectivity index (χ1n) is 5.92. The van der Waals surface area contributed by atoms with Crippen molar-refractivity contribution < 1.29 is 9.53 Å². The number of rotatable bonds is 4. The highest BCUT2D eigenvalue weighted by molar-refractivity contribution is 7.11. The van der Waals surface area contributed by atoms with E-state index in [1.807, 2.05) is 13.8 Å². The summed E-state index contributed by atoms with van der Waals surface area (Å²) in [4.78, 5) is 17.4. The number of nitrogens with one attached hydrogen (secondary N) is 1. The van der Waals surface area contributed by atoms with Gasteiger partial charge in [0.25, 0.3) is 0 Å². The van der Waals surface area contributed by atoms with Gasteiger partial charge in [-0.15, -0.1) is 11.3 Å². The average Bonchev–Trinajstić information content (AvgIpc) is 2.59. The zero-order valence-corrected chi connectivity index (χ0v) is 11.1. The molecule has 1 aromatic rings. The predicted molar refractivity (Wildman–Crippen MR) is 67.5 cm³/mol. The van der Waals surface area contributed by atoms with Crippen LogP contribution in [0.25, 0.3) is 0 Å². The van der Waals surface area contributed by atoms with E-state index in [0.717, 1.165) is 23.8 Å². The number of carbonyl (C=O) groups is 1. The van der Waals surface area contributed by atoms with Gasteiger partial charge in [0, 0.05) is 24.4 Å². The number of ketones is 1. The van der Waals surface area contributed by atoms with Gasteiger partial charge in [-0.3, -0.25) is 4.79 Å². The molecule has 2 rings (SSSR count). The van der Waals surface area contributed by atoms with Crippen LogP contribution >= 0.6 is 11.3 Å². The second-order valence-electron chi connectivity index (χ2n) is 4.37. The van der Waals surface area contributed by atoms with Crippen molar-refractivity contribution in [1.29, 1.82) is 0 Å². The third-order valence-corrected chi connectivity index (χ3v) is 3.95. The maximum atomic E-state index is 11.9. The van der Waals surface area contributed by atoms with Gasteiger partial charge in [-0.25, -0.2) is 4.98 Å². The quantitative estimate of drug-likeness (QED) is 0.878. The standard InChI is InChI=1S/C12H18N2O2S/c1-8-9(2)17-12(14-8)6-10(15)5-11-7-13-3-4-16-11/h11,13H,3-7H2,1-2H3. The fourth-order valence-electron chi connectivity index (χ4n) is 1.86. The fraction of sp³-hybridized carbons (Fsp3) is 0.667. The molecule has 94 valence electrons. The van der Waals surface area contributed by atoms with Crippen LogP contribution in [-0.4, -0.2) is 36.6 Å². The second-order valence-corrected chi connectivity index (χ2v) is 5.65. The fourth-order valence-corrected chi connectivity index (χ4v) is 2.82. The number of nitrogens with zero attached hydrogens (tertiary/aromatic N) is 1. The van der Waals surface area contributed by atoms with E-state index in [9.17, 15) is 4.79 Å². The van der Waals surface area contributed by atoms with Crippen LogP contribution in [0.2, 0.25) is 0 Å². The number of ether oxygens (including phenoxy) is 1. The number of Topliss-reactive ketones (excluding diaryl/α,β-unsaturated/α-hetero) is 1. The molecule has 0 saturated carbocycles. The van der Waals surface area contributed by atoms with Gasteiger partial charge in [-0.2, -0.15) is 0 Å². The summed E-state index contributed by atoms with van der Waals surface area (Å²) in [7, 11) is 0. The highest BCUT2D eigenvalue weighted by atomic mass is 32.1. The third-order valence-electron chi connectivity index (χ3n) is 2.88. The Morgan fingerprint density at radius 3 is 3.00 bits per heavy atom. The maximum Gasteiger partial charge on any atom is 0.142 e. The molecular weight excluding hydrogens is 236 g/mol. The highest BCUT2D eigenvalue weighted by Crippen LogP contribution is 2.17. The molecule has 1 N–H and O–H groups in total. The summed E-state index contributed by atoms with van der Waals surface area (Å²) >= 11 is 1.62. The Balaban J connectivity index is 1.84. The molecule has 5 heteroatoms. The normalized spacial score (nSPS) is 20.5. The van der Waals surface area contributed by atoms with E-state index in [0.29, 0.717) is 19.4 Å². The zero-order valence-electron chi connectivity index (χ0n) is 10.3. The van der Waals surface area contributed by atoms with Crippen molar-refractivity contribution in [1.82, 2.24) is 10.3 Å². The van der Waals surface area contributed by atoms with Gasteiger partial charge in [-0.1, -0.05) is 0 Å². The van der Waals surface area contributed by atoms with Gasteiger partial charge in [0.05, 0.1) is 24.8 Å². The minimum Gasteiger partial charge on any atom is -0.375 e. The summed E-state index contributed by atoms with van der Waals surface area (Å²) in [6.07, 6.45) is 0.975. The van der Waals surface area contributed by atoms with Crippen molar-refractivity contribution in [2.45, 2.75) is 32.8 Å². The van der Waals surface area contributed by atoms with Crippen LogP contribution in [0.3, 0.4) is 0 Å². The molecule has 1 atom stereocenters. The van der Waals surface area contributed by atoms with E-state index >= 15 is 0 Å². The number of aryl methyl sites for hydroxylation is 2. The summed E-state index contributed by atoms with van der Waals surface area (Å²) in [5, 5.41) is 4.15. The summed E-state index contributed by atoms with van der Waals surface area (Å²) < 4.78 is 5.51. The summed E-state index contributed by atoms with van der Waals surface area (Å²) in [6, 6.07) is 0. The van der Waals surface area contributed by atoms with Gasteiger partial charge in [-0.05, 0) is 13.8 Å². The van der Waals surface area contributed by atoms with Crippen LogP contribution in [0, 0.1) is 13.8 Å². The lowest BCUT2D eigenvalue weighted by Gasteiger charge is -2.22. The van der Waals surface area contributed by atoms with Crippen LogP contribution in [0.15, 0.2) is 0 Å². The number of morpholine rings is 1. The molecule has 0 radical (unpaired) electrons. The number of aromatic nitrogens is 1. The third kappa shape index (κ3) is 3.59. The maximum absolute atomic E-state index is 11.9. The van der Waals surface area contributed by atoms with Crippen molar-refractivity contribution in [3.05, 3.63) is 15.6 Å². The molecular formula is C12H18N2O2S. The van der Waals surface area contributed by atoms with Crippen LogP contribution in [0.4, 0.5) is 0 Å². The smallest absolute Gasteiger partial charge is 0.142 e. The van der Waals surface area contributed by atoms with Gasteiger partial charge < -0.3 is 10.1 Å². The first-order valence-corrected chi connectivity index (χ1v) is 6.73. The lowest BCUT2D eigenvalue weighted by atomic mass is 10.1.